The summed E-state index contributed by atoms with van der Waals surface area (Å²) in [5.74, 6) is -0.677. The Morgan fingerprint density at radius 3 is 1.52 bits per heavy atom. The number of nitrogens with zero attached hydrogens (tertiary/aromatic N) is 2. The van der Waals surface area contributed by atoms with Crippen LogP contribution in [0.5, 0.6) is 5.75 Å². The molecule has 0 atom stereocenters. The van der Waals surface area contributed by atoms with Gasteiger partial charge in [-0.3, -0.25) is 9.59 Å². The Morgan fingerprint density at radius 2 is 1.07 bits per heavy atom. The van der Waals surface area contributed by atoms with Crippen molar-refractivity contribution < 1.29 is 14.7 Å². The Morgan fingerprint density at radius 1 is 0.630 bits per heavy atom. The maximum absolute atomic E-state index is 13.1. The van der Waals surface area contributed by atoms with Crippen LogP contribution < -0.4 is 10.0 Å². The summed E-state index contributed by atoms with van der Waals surface area (Å²) < 4.78 is 0. The SMILES string of the molecule is O=C1C(=Cc2ccc(O)cc2)C(=O)N(c2ccccc2)N1c1ccccc1. The fourth-order valence-corrected chi connectivity index (χ4v) is 2.97. The second-order valence-electron chi connectivity index (χ2n) is 6.05. The lowest BCUT2D eigenvalue weighted by Crippen LogP contribution is -2.41. The van der Waals surface area contributed by atoms with E-state index in [0.29, 0.717) is 16.9 Å². The molecule has 0 aliphatic carbocycles. The zero-order valence-corrected chi connectivity index (χ0v) is 14.3. The second-order valence-corrected chi connectivity index (χ2v) is 6.05. The van der Waals surface area contributed by atoms with Crippen LogP contribution in [0.1, 0.15) is 5.56 Å². The number of carbonyl (C=O) groups is 2. The summed E-state index contributed by atoms with van der Waals surface area (Å²) in [5.41, 5.74) is 1.93. The minimum absolute atomic E-state index is 0.0633. The summed E-state index contributed by atoms with van der Waals surface area (Å²) in [7, 11) is 0. The van der Waals surface area contributed by atoms with Crippen LogP contribution in [0.4, 0.5) is 11.4 Å². The number of para-hydroxylation sites is 2. The summed E-state index contributed by atoms with van der Waals surface area (Å²) in [6.45, 7) is 0. The number of aromatic hydroxyl groups is 1. The van der Waals surface area contributed by atoms with Crippen LogP contribution in [0.3, 0.4) is 0 Å². The zero-order valence-electron chi connectivity index (χ0n) is 14.3. The molecule has 0 saturated carbocycles. The Kier molecular flexibility index (Phi) is 4.18. The highest BCUT2D eigenvalue weighted by molar-refractivity contribution is 6.38. The van der Waals surface area contributed by atoms with Gasteiger partial charge < -0.3 is 5.11 Å². The molecule has 1 N–H and O–H groups in total. The topological polar surface area (TPSA) is 60.9 Å². The molecule has 2 amide bonds. The van der Waals surface area contributed by atoms with Crippen LogP contribution in [0.25, 0.3) is 6.08 Å². The van der Waals surface area contributed by atoms with Gasteiger partial charge in [0, 0.05) is 0 Å². The number of carbonyl (C=O) groups excluding carboxylic acids is 2. The summed E-state index contributed by atoms with van der Waals surface area (Å²) in [6, 6.07) is 24.4. The molecule has 1 aliphatic heterocycles. The zero-order chi connectivity index (χ0) is 18.8. The number of phenolic OH excluding ortho intramolecular Hbond substituents is 1. The van der Waals surface area contributed by atoms with E-state index in [1.54, 1.807) is 42.5 Å². The fourth-order valence-electron chi connectivity index (χ4n) is 2.97. The molecule has 3 aromatic carbocycles. The lowest BCUT2D eigenvalue weighted by Gasteiger charge is -2.27. The molecule has 1 aliphatic rings. The van der Waals surface area contributed by atoms with E-state index in [1.165, 1.54) is 22.2 Å². The molecule has 132 valence electrons. The number of phenols is 1. The van der Waals surface area contributed by atoms with Crippen molar-refractivity contribution in [1.82, 2.24) is 0 Å². The van der Waals surface area contributed by atoms with Crippen molar-refractivity contribution in [3.8, 4) is 5.75 Å². The number of benzene rings is 3. The minimum atomic E-state index is -0.400. The first-order valence-electron chi connectivity index (χ1n) is 8.45. The van der Waals surface area contributed by atoms with E-state index in [-0.39, 0.29) is 11.3 Å². The maximum atomic E-state index is 13.1. The van der Waals surface area contributed by atoms with E-state index >= 15 is 0 Å². The normalized spacial score (nSPS) is 14.0. The van der Waals surface area contributed by atoms with Crippen molar-refractivity contribution in [3.05, 3.63) is 96.1 Å². The standard InChI is InChI=1S/C22H16N2O3/c25-19-13-11-16(12-14-19)15-20-21(26)23(17-7-3-1-4-8-17)24(22(20)27)18-9-5-2-6-10-18/h1-15,25H. The number of amides is 2. The number of anilines is 2. The van der Waals surface area contributed by atoms with Crippen LogP contribution in [0.15, 0.2) is 90.5 Å². The first-order chi connectivity index (χ1) is 13.1. The van der Waals surface area contributed by atoms with Gasteiger partial charge in [0.1, 0.15) is 11.3 Å². The van der Waals surface area contributed by atoms with Gasteiger partial charge in [0.15, 0.2) is 0 Å². The second kappa shape index (κ2) is 6.80. The molecule has 4 rings (SSSR count). The smallest absolute Gasteiger partial charge is 0.283 e. The molecule has 0 spiro atoms. The summed E-state index contributed by atoms with van der Waals surface area (Å²) >= 11 is 0. The highest BCUT2D eigenvalue weighted by Crippen LogP contribution is 2.32. The van der Waals surface area contributed by atoms with Gasteiger partial charge in [0.05, 0.1) is 11.4 Å². The van der Waals surface area contributed by atoms with Gasteiger partial charge in [0.25, 0.3) is 11.8 Å². The highest BCUT2D eigenvalue weighted by atomic mass is 16.3. The minimum Gasteiger partial charge on any atom is -0.508 e. The summed E-state index contributed by atoms with van der Waals surface area (Å²) in [6.07, 6.45) is 1.54. The predicted molar refractivity (Wildman–Crippen MR) is 104 cm³/mol. The Hall–Kier alpha value is -3.86. The molecule has 0 bridgehead atoms. The quantitative estimate of drug-likeness (QED) is 0.574. The molecule has 0 aromatic heterocycles. The van der Waals surface area contributed by atoms with E-state index in [2.05, 4.69) is 0 Å². The fraction of sp³-hybridized carbons (Fsp3) is 0. The Balaban J connectivity index is 1.83. The molecule has 5 nitrogen and oxygen atoms in total. The van der Waals surface area contributed by atoms with Crippen molar-refractivity contribution >= 4 is 29.3 Å². The predicted octanol–water partition coefficient (Wildman–Crippen LogP) is 3.77. The van der Waals surface area contributed by atoms with Gasteiger partial charge in [-0.15, -0.1) is 0 Å². The van der Waals surface area contributed by atoms with E-state index < -0.39 is 11.8 Å². The van der Waals surface area contributed by atoms with Crippen LogP contribution in [0.2, 0.25) is 0 Å². The number of hydrogen-bond donors (Lipinski definition) is 1. The highest BCUT2D eigenvalue weighted by Gasteiger charge is 2.42. The molecule has 1 fully saturated rings. The molecule has 27 heavy (non-hydrogen) atoms. The van der Waals surface area contributed by atoms with Crippen molar-refractivity contribution in [2.45, 2.75) is 0 Å². The molecule has 0 unspecified atom stereocenters. The number of hydrazine groups is 1. The summed E-state index contributed by atoms with van der Waals surface area (Å²) in [4.78, 5) is 26.2. The van der Waals surface area contributed by atoms with Gasteiger partial charge in [-0.2, -0.15) is 0 Å². The maximum Gasteiger partial charge on any atom is 0.283 e. The van der Waals surface area contributed by atoms with Gasteiger partial charge in [-0.1, -0.05) is 48.5 Å². The largest absolute Gasteiger partial charge is 0.508 e. The van der Waals surface area contributed by atoms with Crippen molar-refractivity contribution in [2.75, 3.05) is 10.0 Å². The Labute approximate surface area is 156 Å². The van der Waals surface area contributed by atoms with Crippen LogP contribution in [-0.2, 0) is 9.59 Å². The van der Waals surface area contributed by atoms with Gasteiger partial charge in [-0.25, -0.2) is 10.0 Å². The van der Waals surface area contributed by atoms with Crippen molar-refractivity contribution in [2.24, 2.45) is 0 Å². The van der Waals surface area contributed by atoms with Crippen molar-refractivity contribution in [1.29, 1.82) is 0 Å². The molecule has 1 saturated heterocycles. The lowest BCUT2D eigenvalue weighted by atomic mass is 10.1. The van der Waals surface area contributed by atoms with Gasteiger partial charge in [-0.05, 0) is 48.0 Å². The molecule has 3 aromatic rings. The first-order valence-corrected chi connectivity index (χ1v) is 8.45. The third-order valence-electron chi connectivity index (χ3n) is 4.25. The molecule has 1 heterocycles. The third kappa shape index (κ3) is 3.06. The van der Waals surface area contributed by atoms with Crippen molar-refractivity contribution in [3.63, 3.8) is 0 Å². The number of hydrogen-bond acceptors (Lipinski definition) is 3. The van der Waals surface area contributed by atoms with E-state index in [0.717, 1.165) is 0 Å². The first kappa shape index (κ1) is 16.6. The lowest BCUT2D eigenvalue weighted by molar-refractivity contribution is -0.116. The Bertz CT molecular complexity index is 953. The van der Waals surface area contributed by atoms with Crippen LogP contribution >= 0.6 is 0 Å². The van der Waals surface area contributed by atoms with Crippen LogP contribution in [0, 0.1) is 0 Å². The summed E-state index contributed by atoms with van der Waals surface area (Å²) in [5, 5.41) is 12.2. The van der Waals surface area contributed by atoms with Gasteiger partial charge >= 0.3 is 0 Å². The number of rotatable bonds is 3. The van der Waals surface area contributed by atoms with Gasteiger partial charge in [0.2, 0.25) is 0 Å². The average Bonchev–Trinajstić information content (AvgIpc) is 2.95. The monoisotopic (exact) mass is 356 g/mol. The van der Waals surface area contributed by atoms with E-state index in [4.69, 9.17) is 0 Å². The van der Waals surface area contributed by atoms with E-state index in [9.17, 15) is 14.7 Å². The third-order valence-corrected chi connectivity index (χ3v) is 4.25. The molecule has 0 radical (unpaired) electrons. The molecular weight excluding hydrogens is 340 g/mol. The average molecular weight is 356 g/mol. The molecular formula is C22H16N2O3. The molecule has 5 heteroatoms. The van der Waals surface area contributed by atoms with Crippen LogP contribution in [-0.4, -0.2) is 16.9 Å². The van der Waals surface area contributed by atoms with E-state index in [1.807, 2.05) is 36.4 Å².